The Balaban J connectivity index is 2.30. The lowest BCUT2D eigenvalue weighted by molar-refractivity contribution is 0.115. The largest absolute Gasteiger partial charge is 0.447 e. The van der Waals surface area contributed by atoms with Crippen molar-refractivity contribution in [2.75, 3.05) is 0 Å². The van der Waals surface area contributed by atoms with Gasteiger partial charge in [-0.3, -0.25) is 0 Å². The van der Waals surface area contributed by atoms with E-state index in [1.807, 2.05) is 26.2 Å². The maximum atomic E-state index is 11.1. The van der Waals surface area contributed by atoms with Gasteiger partial charge in [0.2, 0.25) is 0 Å². The summed E-state index contributed by atoms with van der Waals surface area (Å²) in [5.74, 6) is 0. The Morgan fingerprint density at radius 2 is 2.43 bits per heavy atom. The molecule has 0 radical (unpaired) electrons. The highest BCUT2D eigenvalue weighted by Crippen LogP contribution is 2.07. The second kappa shape index (κ2) is 4.95. The number of hydrogen-bond acceptors (Lipinski definition) is 4. The molecule has 0 unspecified atom stereocenters. The van der Waals surface area contributed by atoms with Crippen LogP contribution in [0.2, 0.25) is 0 Å². The van der Waals surface area contributed by atoms with Crippen LogP contribution in [0.4, 0.5) is 4.79 Å². The molecule has 0 saturated carbocycles. The Morgan fingerprint density at radius 1 is 1.71 bits per heavy atom. The van der Waals surface area contributed by atoms with Crippen LogP contribution in [0.25, 0.3) is 0 Å². The summed E-state index contributed by atoms with van der Waals surface area (Å²) in [5, 5.41) is 5.47. The highest BCUT2D eigenvalue weighted by atomic mass is 32.1. The number of aromatic nitrogens is 1. The van der Waals surface area contributed by atoms with Gasteiger partial charge in [-0.1, -0.05) is 0 Å². The fourth-order valence-electron chi connectivity index (χ4n) is 0.887. The molecule has 78 valence electrons. The van der Waals surface area contributed by atoms with Crippen LogP contribution in [-0.2, 0) is 11.3 Å². The van der Waals surface area contributed by atoms with Crippen molar-refractivity contribution in [3.05, 3.63) is 16.1 Å². The number of thiazole rings is 1. The molecule has 1 amide bonds. The summed E-state index contributed by atoms with van der Waals surface area (Å²) in [4.78, 5) is 15.3. The lowest BCUT2D eigenvalue weighted by Gasteiger charge is -2.07. The van der Waals surface area contributed by atoms with E-state index in [0.717, 1.165) is 10.7 Å². The molecule has 0 bridgehead atoms. The quantitative estimate of drug-likeness (QED) is 0.838. The molecule has 0 fully saturated rings. The third-order valence-electron chi connectivity index (χ3n) is 1.39. The topological polar surface area (TPSA) is 51.2 Å². The third kappa shape index (κ3) is 3.74. The number of alkyl carbamates (subject to hydrolysis) is 1. The molecule has 1 rings (SSSR count). The molecule has 0 aliphatic heterocycles. The molecule has 5 heteroatoms. The first-order valence-electron chi connectivity index (χ1n) is 4.43. The monoisotopic (exact) mass is 214 g/mol. The Labute approximate surface area is 87.3 Å². The number of amides is 1. The van der Waals surface area contributed by atoms with Gasteiger partial charge in [-0.2, -0.15) is 0 Å². The molecule has 14 heavy (non-hydrogen) atoms. The van der Waals surface area contributed by atoms with Crippen LogP contribution in [0, 0.1) is 6.92 Å². The van der Waals surface area contributed by atoms with Gasteiger partial charge in [0.1, 0.15) is 5.01 Å². The van der Waals surface area contributed by atoms with E-state index >= 15 is 0 Å². The molecule has 1 heterocycles. The lowest BCUT2D eigenvalue weighted by Crippen LogP contribution is -2.26. The molecule has 0 saturated heterocycles. The third-order valence-corrected chi connectivity index (χ3v) is 2.36. The Kier molecular flexibility index (Phi) is 3.88. The van der Waals surface area contributed by atoms with E-state index in [1.165, 1.54) is 11.3 Å². The standard InChI is InChI=1S/C9H14N2O2S/c1-6(2)13-9(12)10-4-8-11-7(3)5-14-8/h5-6H,4H2,1-3H3,(H,10,12). The number of nitrogens with zero attached hydrogens (tertiary/aromatic N) is 1. The molecular formula is C9H14N2O2S. The average molecular weight is 214 g/mol. The SMILES string of the molecule is Cc1csc(CNC(=O)OC(C)C)n1. The van der Waals surface area contributed by atoms with Crippen molar-refractivity contribution >= 4 is 17.4 Å². The summed E-state index contributed by atoms with van der Waals surface area (Å²) in [5.41, 5.74) is 0.976. The first-order valence-corrected chi connectivity index (χ1v) is 5.31. The molecule has 0 aromatic carbocycles. The maximum absolute atomic E-state index is 11.1. The first-order chi connectivity index (χ1) is 6.58. The van der Waals surface area contributed by atoms with Gasteiger partial charge in [0, 0.05) is 11.1 Å². The van der Waals surface area contributed by atoms with Gasteiger partial charge in [-0.25, -0.2) is 9.78 Å². The fraction of sp³-hybridized carbons (Fsp3) is 0.556. The zero-order chi connectivity index (χ0) is 10.6. The Bertz CT molecular complexity index is 310. The van der Waals surface area contributed by atoms with Gasteiger partial charge in [0.05, 0.1) is 12.6 Å². The van der Waals surface area contributed by atoms with Crippen LogP contribution < -0.4 is 5.32 Å². The second-order valence-corrected chi connectivity index (χ2v) is 4.13. The minimum Gasteiger partial charge on any atom is -0.447 e. The zero-order valence-corrected chi connectivity index (χ0v) is 9.35. The number of ether oxygens (including phenoxy) is 1. The summed E-state index contributed by atoms with van der Waals surface area (Å²) >= 11 is 1.53. The van der Waals surface area contributed by atoms with Gasteiger partial charge in [0.25, 0.3) is 0 Å². The van der Waals surface area contributed by atoms with Gasteiger partial charge < -0.3 is 10.1 Å². The van der Waals surface area contributed by atoms with Crippen LogP contribution in [0.3, 0.4) is 0 Å². The number of hydrogen-bond donors (Lipinski definition) is 1. The van der Waals surface area contributed by atoms with Crippen LogP contribution >= 0.6 is 11.3 Å². The fourth-order valence-corrected chi connectivity index (χ4v) is 1.60. The van der Waals surface area contributed by atoms with Crippen LogP contribution in [0.1, 0.15) is 24.5 Å². The summed E-state index contributed by atoms with van der Waals surface area (Å²) in [6, 6.07) is 0. The van der Waals surface area contributed by atoms with Crippen molar-refractivity contribution < 1.29 is 9.53 Å². The van der Waals surface area contributed by atoms with E-state index in [4.69, 9.17) is 4.74 Å². The molecule has 0 atom stereocenters. The van der Waals surface area contributed by atoms with Crippen molar-refractivity contribution in [1.82, 2.24) is 10.3 Å². The molecule has 0 aliphatic carbocycles. The maximum Gasteiger partial charge on any atom is 0.407 e. The van der Waals surface area contributed by atoms with E-state index in [9.17, 15) is 4.79 Å². The highest BCUT2D eigenvalue weighted by Gasteiger charge is 2.05. The Hall–Kier alpha value is -1.10. The van der Waals surface area contributed by atoms with Gasteiger partial charge in [-0.15, -0.1) is 11.3 Å². The average Bonchev–Trinajstić information content (AvgIpc) is 2.47. The van der Waals surface area contributed by atoms with Crippen LogP contribution in [0.5, 0.6) is 0 Å². The van der Waals surface area contributed by atoms with Gasteiger partial charge >= 0.3 is 6.09 Å². The van der Waals surface area contributed by atoms with E-state index < -0.39 is 6.09 Å². The molecule has 1 aromatic heterocycles. The molecule has 4 nitrogen and oxygen atoms in total. The Morgan fingerprint density at radius 3 is 2.93 bits per heavy atom. The smallest absolute Gasteiger partial charge is 0.407 e. The molecule has 0 spiro atoms. The summed E-state index contributed by atoms with van der Waals surface area (Å²) in [6.07, 6.45) is -0.485. The molecule has 0 aliphatic rings. The number of aryl methyl sites for hydroxylation is 1. The number of carbonyl (C=O) groups is 1. The van der Waals surface area contributed by atoms with Crippen molar-refractivity contribution in [1.29, 1.82) is 0 Å². The predicted octanol–water partition coefficient (Wildman–Crippen LogP) is 2.09. The summed E-state index contributed by atoms with van der Waals surface area (Å²) in [7, 11) is 0. The number of rotatable bonds is 3. The number of nitrogens with one attached hydrogen (secondary N) is 1. The van der Waals surface area contributed by atoms with E-state index in [-0.39, 0.29) is 6.10 Å². The van der Waals surface area contributed by atoms with Crippen molar-refractivity contribution in [2.24, 2.45) is 0 Å². The predicted molar refractivity (Wildman–Crippen MR) is 55.3 cm³/mol. The van der Waals surface area contributed by atoms with Crippen LogP contribution in [-0.4, -0.2) is 17.2 Å². The molecular weight excluding hydrogens is 200 g/mol. The number of carbonyl (C=O) groups excluding carboxylic acids is 1. The van der Waals surface area contributed by atoms with Crippen LogP contribution in [0.15, 0.2) is 5.38 Å². The molecule has 1 aromatic rings. The lowest BCUT2D eigenvalue weighted by atomic mass is 10.5. The molecule has 1 N–H and O–H groups in total. The van der Waals surface area contributed by atoms with E-state index in [2.05, 4.69) is 10.3 Å². The van der Waals surface area contributed by atoms with E-state index in [0.29, 0.717) is 6.54 Å². The van der Waals surface area contributed by atoms with Gasteiger partial charge in [0.15, 0.2) is 0 Å². The minimum atomic E-state index is -0.396. The highest BCUT2D eigenvalue weighted by molar-refractivity contribution is 7.09. The first kappa shape index (κ1) is 11.0. The zero-order valence-electron chi connectivity index (χ0n) is 8.53. The van der Waals surface area contributed by atoms with Crippen molar-refractivity contribution in [2.45, 2.75) is 33.4 Å². The summed E-state index contributed by atoms with van der Waals surface area (Å²) in [6.45, 7) is 5.98. The summed E-state index contributed by atoms with van der Waals surface area (Å²) < 4.78 is 4.91. The van der Waals surface area contributed by atoms with Crippen molar-refractivity contribution in [3.8, 4) is 0 Å². The van der Waals surface area contributed by atoms with E-state index in [1.54, 1.807) is 0 Å². The minimum absolute atomic E-state index is 0.0898. The second-order valence-electron chi connectivity index (χ2n) is 3.19. The van der Waals surface area contributed by atoms with Gasteiger partial charge in [-0.05, 0) is 20.8 Å². The normalized spacial score (nSPS) is 10.3. The van der Waals surface area contributed by atoms with Crippen molar-refractivity contribution in [3.63, 3.8) is 0 Å².